The number of rotatable bonds is 2. The fourth-order valence-electron chi connectivity index (χ4n) is 1.28. The molecule has 1 amide bonds. The number of amides is 1. The van der Waals surface area contributed by atoms with Gasteiger partial charge in [0, 0.05) is 13.5 Å². The molecule has 80 valence electrons. The van der Waals surface area contributed by atoms with Crippen molar-refractivity contribution in [3.05, 3.63) is 26.2 Å². The van der Waals surface area contributed by atoms with Gasteiger partial charge in [-0.15, -0.1) is 0 Å². The number of carbonyl (C=O) groups excluding carboxylic acids is 1. The van der Waals surface area contributed by atoms with E-state index >= 15 is 0 Å². The highest BCUT2D eigenvalue weighted by atomic mass is 127. The molecule has 0 atom stereocenters. The summed E-state index contributed by atoms with van der Waals surface area (Å²) in [5.74, 6) is 0.129. The van der Waals surface area contributed by atoms with Gasteiger partial charge in [-0.25, -0.2) is 0 Å². The van der Waals surface area contributed by atoms with E-state index in [1.54, 1.807) is 0 Å². The Labute approximate surface area is 111 Å². The molecule has 1 N–H and O–H groups in total. The summed E-state index contributed by atoms with van der Waals surface area (Å²) < 4.78 is 2.09. The summed E-state index contributed by atoms with van der Waals surface area (Å²) in [7, 11) is 0. The van der Waals surface area contributed by atoms with Crippen LogP contribution in [0.3, 0.4) is 0 Å². The zero-order valence-electron chi connectivity index (χ0n) is 8.31. The highest BCUT2D eigenvalue weighted by Crippen LogP contribution is 2.46. The number of anilines is 1. The molecule has 1 saturated carbocycles. The fraction of sp³-hybridized carbons (Fsp3) is 0.364. The SMILES string of the molecule is CC1(C(=O)Nc2ccc(I)cc2Br)CC1. The van der Waals surface area contributed by atoms with E-state index in [9.17, 15) is 4.79 Å². The van der Waals surface area contributed by atoms with Gasteiger partial charge in [0.15, 0.2) is 0 Å². The van der Waals surface area contributed by atoms with Crippen molar-refractivity contribution in [1.29, 1.82) is 0 Å². The van der Waals surface area contributed by atoms with Crippen molar-refractivity contribution in [2.24, 2.45) is 5.41 Å². The Balaban J connectivity index is 2.14. The molecular formula is C11H11BrINO. The van der Waals surface area contributed by atoms with Gasteiger partial charge in [-0.1, -0.05) is 6.92 Å². The quantitative estimate of drug-likeness (QED) is 0.778. The van der Waals surface area contributed by atoms with E-state index in [2.05, 4.69) is 43.8 Å². The van der Waals surface area contributed by atoms with Crippen LogP contribution >= 0.6 is 38.5 Å². The standard InChI is InChI=1S/C11H11BrINO/c1-11(4-5-11)10(15)14-9-3-2-7(13)6-8(9)12/h2-3,6H,4-5H2,1H3,(H,14,15). The van der Waals surface area contributed by atoms with Gasteiger partial charge in [0.05, 0.1) is 5.69 Å². The van der Waals surface area contributed by atoms with Crippen molar-refractivity contribution < 1.29 is 4.79 Å². The minimum Gasteiger partial charge on any atom is -0.325 e. The van der Waals surface area contributed by atoms with Crippen molar-refractivity contribution in [3.63, 3.8) is 0 Å². The minimum absolute atomic E-state index is 0.123. The number of hydrogen-bond donors (Lipinski definition) is 1. The van der Waals surface area contributed by atoms with E-state index in [4.69, 9.17) is 0 Å². The van der Waals surface area contributed by atoms with E-state index in [1.165, 1.54) is 0 Å². The maximum Gasteiger partial charge on any atom is 0.230 e. The van der Waals surface area contributed by atoms with Crippen molar-refractivity contribution in [1.82, 2.24) is 0 Å². The molecule has 0 radical (unpaired) electrons. The molecule has 2 nitrogen and oxygen atoms in total. The Kier molecular flexibility index (Phi) is 3.07. The van der Waals surface area contributed by atoms with Crippen LogP contribution in [-0.2, 0) is 4.79 Å². The van der Waals surface area contributed by atoms with Crippen LogP contribution in [0, 0.1) is 8.99 Å². The number of hydrogen-bond acceptors (Lipinski definition) is 1. The second-order valence-electron chi connectivity index (χ2n) is 4.14. The lowest BCUT2D eigenvalue weighted by Gasteiger charge is -2.11. The van der Waals surface area contributed by atoms with E-state index in [1.807, 2.05) is 25.1 Å². The Hall–Kier alpha value is -0.100. The Morgan fingerprint density at radius 3 is 2.73 bits per heavy atom. The normalized spacial score (nSPS) is 17.3. The van der Waals surface area contributed by atoms with Gasteiger partial charge in [-0.05, 0) is 69.6 Å². The first-order chi connectivity index (χ1) is 7.01. The second kappa shape index (κ2) is 4.05. The maximum atomic E-state index is 11.8. The average Bonchev–Trinajstić information content (AvgIpc) is 2.90. The van der Waals surface area contributed by atoms with Gasteiger partial charge >= 0.3 is 0 Å². The molecule has 1 aliphatic carbocycles. The summed E-state index contributed by atoms with van der Waals surface area (Å²) in [6, 6.07) is 5.90. The molecule has 0 saturated heterocycles. The van der Waals surface area contributed by atoms with Crippen molar-refractivity contribution in [3.8, 4) is 0 Å². The molecule has 0 aliphatic heterocycles. The fourth-order valence-corrected chi connectivity index (χ4v) is 2.68. The lowest BCUT2D eigenvalue weighted by molar-refractivity contribution is -0.120. The van der Waals surface area contributed by atoms with E-state index in [-0.39, 0.29) is 11.3 Å². The van der Waals surface area contributed by atoms with Crippen molar-refractivity contribution in [2.75, 3.05) is 5.32 Å². The molecule has 4 heteroatoms. The first kappa shape index (κ1) is 11.4. The number of nitrogens with one attached hydrogen (secondary N) is 1. The first-order valence-electron chi connectivity index (χ1n) is 4.78. The van der Waals surface area contributed by atoms with Gasteiger partial charge in [0.1, 0.15) is 0 Å². The third-order valence-electron chi connectivity index (χ3n) is 2.73. The van der Waals surface area contributed by atoms with Crippen LogP contribution < -0.4 is 5.32 Å². The van der Waals surface area contributed by atoms with Crippen LogP contribution in [0.4, 0.5) is 5.69 Å². The van der Waals surface area contributed by atoms with Crippen molar-refractivity contribution >= 4 is 50.1 Å². The smallest absolute Gasteiger partial charge is 0.230 e. The summed E-state index contributed by atoms with van der Waals surface area (Å²) in [6.45, 7) is 2.00. The molecule has 1 fully saturated rings. The summed E-state index contributed by atoms with van der Waals surface area (Å²) in [5, 5.41) is 2.95. The molecule has 1 aromatic rings. The molecule has 0 spiro atoms. The summed E-state index contributed by atoms with van der Waals surface area (Å²) in [6.07, 6.45) is 2.00. The molecule has 2 rings (SSSR count). The van der Waals surface area contributed by atoms with E-state index in [0.717, 1.165) is 26.6 Å². The molecule has 0 heterocycles. The molecule has 0 aromatic heterocycles. The topological polar surface area (TPSA) is 29.1 Å². The zero-order valence-corrected chi connectivity index (χ0v) is 12.1. The lowest BCUT2D eigenvalue weighted by Crippen LogP contribution is -2.21. The number of carbonyl (C=O) groups is 1. The minimum atomic E-state index is -0.123. The predicted molar refractivity (Wildman–Crippen MR) is 72.8 cm³/mol. The van der Waals surface area contributed by atoms with E-state index < -0.39 is 0 Å². The van der Waals surface area contributed by atoms with Crippen LogP contribution in [0.25, 0.3) is 0 Å². The van der Waals surface area contributed by atoms with Gasteiger partial charge in [0.2, 0.25) is 5.91 Å². The molecular weight excluding hydrogens is 369 g/mol. The number of halogens is 2. The van der Waals surface area contributed by atoms with Crippen LogP contribution in [0.1, 0.15) is 19.8 Å². The number of benzene rings is 1. The first-order valence-corrected chi connectivity index (χ1v) is 6.65. The molecule has 0 bridgehead atoms. The predicted octanol–water partition coefficient (Wildman–Crippen LogP) is 3.79. The molecule has 1 aromatic carbocycles. The Bertz CT molecular complexity index is 415. The summed E-state index contributed by atoms with van der Waals surface area (Å²) in [4.78, 5) is 11.8. The van der Waals surface area contributed by atoms with Gasteiger partial charge in [-0.2, -0.15) is 0 Å². The largest absolute Gasteiger partial charge is 0.325 e. The zero-order chi connectivity index (χ0) is 11.1. The third-order valence-corrected chi connectivity index (χ3v) is 4.05. The van der Waals surface area contributed by atoms with Crippen LogP contribution in [0.15, 0.2) is 22.7 Å². The van der Waals surface area contributed by atoms with Gasteiger partial charge < -0.3 is 5.32 Å². The monoisotopic (exact) mass is 379 g/mol. The average molecular weight is 380 g/mol. The van der Waals surface area contributed by atoms with Gasteiger partial charge in [0.25, 0.3) is 0 Å². The van der Waals surface area contributed by atoms with Gasteiger partial charge in [-0.3, -0.25) is 4.79 Å². The third kappa shape index (κ3) is 2.53. The maximum absolute atomic E-state index is 11.8. The van der Waals surface area contributed by atoms with E-state index in [0.29, 0.717) is 0 Å². The van der Waals surface area contributed by atoms with Crippen LogP contribution in [0.2, 0.25) is 0 Å². The molecule has 15 heavy (non-hydrogen) atoms. The van der Waals surface area contributed by atoms with Crippen LogP contribution in [-0.4, -0.2) is 5.91 Å². The summed E-state index contributed by atoms with van der Waals surface area (Å²) >= 11 is 5.68. The second-order valence-corrected chi connectivity index (χ2v) is 6.24. The lowest BCUT2D eigenvalue weighted by atomic mass is 10.1. The Morgan fingerprint density at radius 2 is 2.20 bits per heavy atom. The highest BCUT2D eigenvalue weighted by Gasteiger charge is 2.44. The van der Waals surface area contributed by atoms with Crippen LogP contribution in [0.5, 0.6) is 0 Å². The van der Waals surface area contributed by atoms with Crippen molar-refractivity contribution in [2.45, 2.75) is 19.8 Å². The molecule has 1 aliphatic rings. The summed E-state index contributed by atoms with van der Waals surface area (Å²) in [5.41, 5.74) is 0.733. The Morgan fingerprint density at radius 1 is 1.53 bits per heavy atom. The highest BCUT2D eigenvalue weighted by molar-refractivity contribution is 14.1. The molecule has 0 unspecified atom stereocenters.